The van der Waals surface area contributed by atoms with Crippen molar-refractivity contribution in [2.24, 2.45) is 0 Å². The van der Waals surface area contributed by atoms with E-state index in [0.29, 0.717) is 10.8 Å². The standard InChI is InChI=1S/C16H13ClF2N4O/c1-8-3-2-4-9(17)12(8)16(5-6-16)15-20-14(24-23-15)11-7-10(13(18)19)21-22-11/h2-4,7,13H,5-6H2,1H3,(H,21,22). The lowest BCUT2D eigenvalue weighted by molar-refractivity contribution is 0.146. The third-order valence-electron chi connectivity index (χ3n) is 4.36. The summed E-state index contributed by atoms with van der Waals surface area (Å²) in [5.41, 5.74) is 1.61. The van der Waals surface area contributed by atoms with E-state index >= 15 is 0 Å². The molecule has 0 aliphatic heterocycles. The normalized spacial score (nSPS) is 15.9. The predicted octanol–water partition coefficient (Wildman–Crippen LogP) is 4.44. The summed E-state index contributed by atoms with van der Waals surface area (Å²) in [6.07, 6.45) is -0.909. The molecule has 4 rings (SSSR count). The number of benzene rings is 1. The summed E-state index contributed by atoms with van der Waals surface area (Å²) >= 11 is 6.38. The van der Waals surface area contributed by atoms with Crippen molar-refractivity contribution in [1.29, 1.82) is 0 Å². The maximum absolute atomic E-state index is 12.7. The number of nitrogens with zero attached hydrogens (tertiary/aromatic N) is 3. The van der Waals surface area contributed by atoms with Crippen LogP contribution in [0.2, 0.25) is 5.02 Å². The van der Waals surface area contributed by atoms with Crippen LogP contribution in [0.5, 0.6) is 0 Å². The van der Waals surface area contributed by atoms with E-state index in [1.165, 1.54) is 6.07 Å². The van der Waals surface area contributed by atoms with Crippen molar-refractivity contribution >= 4 is 11.6 Å². The van der Waals surface area contributed by atoms with Crippen LogP contribution in [0.4, 0.5) is 8.78 Å². The molecule has 0 radical (unpaired) electrons. The van der Waals surface area contributed by atoms with Crippen molar-refractivity contribution in [1.82, 2.24) is 20.3 Å². The van der Waals surface area contributed by atoms with E-state index in [1.807, 2.05) is 25.1 Å². The summed E-state index contributed by atoms with van der Waals surface area (Å²) < 4.78 is 30.6. The third kappa shape index (κ3) is 2.31. The van der Waals surface area contributed by atoms with Crippen LogP contribution in [0.3, 0.4) is 0 Å². The molecular weight excluding hydrogens is 338 g/mol. The van der Waals surface area contributed by atoms with Gasteiger partial charge in [-0.05, 0) is 43.0 Å². The molecule has 0 amide bonds. The van der Waals surface area contributed by atoms with Gasteiger partial charge in [0.05, 0.1) is 5.41 Å². The van der Waals surface area contributed by atoms with Gasteiger partial charge < -0.3 is 4.52 Å². The van der Waals surface area contributed by atoms with Gasteiger partial charge in [0, 0.05) is 5.02 Å². The van der Waals surface area contributed by atoms with Crippen molar-refractivity contribution in [3.05, 3.63) is 51.9 Å². The van der Waals surface area contributed by atoms with Gasteiger partial charge in [-0.15, -0.1) is 0 Å². The molecule has 8 heteroatoms. The van der Waals surface area contributed by atoms with Gasteiger partial charge >= 0.3 is 0 Å². The molecule has 1 aromatic carbocycles. The Morgan fingerprint density at radius 1 is 1.33 bits per heavy atom. The van der Waals surface area contributed by atoms with Crippen LogP contribution in [0.15, 0.2) is 28.8 Å². The van der Waals surface area contributed by atoms with Gasteiger partial charge in [-0.3, -0.25) is 5.10 Å². The van der Waals surface area contributed by atoms with Crippen molar-refractivity contribution in [2.75, 3.05) is 0 Å². The van der Waals surface area contributed by atoms with E-state index in [-0.39, 0.29) is 22.7 Å². The molecule has 5 nitrogen and oxygen atoms in total. The summed E-state index contributed by atoms with van der Waals surface area (Å²) in [6, 6.07) is 6.94. The summed E-state index contributed by atoms with van der Waals surface area (Å²) in [5, 5.41) is 10.8. The third-order valence-corrected chi connectivity index (χ3v) is 4.67. The van der Waals surface area contributed by atoms with Gasteiger partial charge in [0.25, 0.3) is 12.3 Å². The second-order valence-electron chi connectivity index (χ2n) is 5.95. The summed E-state index contributed by atoms with van der Waals surface area (Å²) in [5.74, 6) is 0.624. The van der Waals surface area contributed by atoms with Crippen molar-refractivity contribution in [3.63, 3.8) is 0 Å². The second kappa shape index (κ2) is 5.37. The van der Waals surface area contributed by atoms with E-state index in [4.69, 9.17) is 16.1 Å². The number of alkyl halides is 2. The second-order valence-corrected chi connectivity index (χ2v) is 6.35. The zero-order valence-corrected chi connectivity index (χ0v) is 13.4. The molecule has 2 aromatic heterocycles. The molecule has 1 saturated carbocycles. The minimum Gasteiger partial charge on any atom is -0.332 e. The molecule has 0 unspecified atom stereocenters. The quantitative estimate of drug-likeness (QED) is 0.755. The molecule has 24 heavy (non-hydrogen) atoms. The first-order chi connectivity index (χ1) is 11.5. The molecule has 1 aliphatic carbocycles. The Hall–Kier alpha value is -2.28. The smallest absolute Gasteiger partial charge is 0.279 e. The van der Waals surface area contributed by atoms with Crippen LogP contribution in [-0.2, 0) is 5.41 Å². The van der Waals surface area contributed by atoms with Gasteiger partial charge in [0.15, 0.2) is 11.5 Å². The lowest BCUT2D eigenvalue weighted by atomic mass is 9.91. The summed E-state index contributed by atoms with van der Waals surface area (Å²) in [7, 11) is 0. The molecule has 0 saturated heterocycles. The first-order valence-corrected chi connectivity index (χ1v) is 7.83. The molecule has 0 bridgehead atoms. The Morgan fingerprint density at radius 2 is 2.12 bits per heavy atom. The number of halogens is 3. The lowest BCUT2D eigenvalue weighted by Gasteiger charge is -2.16. The Morgan fingerprint density at radius 3 is 2.75 bits per heavy atom. The number of H-pyrrole nitrogens is 1. The molecule has 1 N–H and O–H groups in total. The van der Waals surface area contributed by atoms with Crippen molar-refractivity contribution in [3.8, 4) is 11.6 Å². The number of rotatable bonds is 4. The Labute approximate surface area is 141 Å². The van der Waals surface area contributed by atoms with Gasteiger partial charge in [-0.25, -0.2) is 8.78 Å². The molecule has 3 aromatic rings. The van der Waals surface area contributed by atoms with Gasteiger partial charge in [-0.2, -0.15) is 10.1 Å². The largest absolute Gasteiger partial charge is 0.332 e. The first-order valence-electron chi connectivity index (χ1n) is 7.45. The number of aryl methyl sites for hydroxylation is 1. The highest BCUT2D eigenvalue weighted by Crippen LogP contribution is 2.55. The monoisotopic (exact) mass is 350 g/mol. The van der Waals surface area contributed by atoms with Crippen LogP contribution < -0.4 is 0 Å². The summed E-state index contributed by atoms with van der Waals surface area (Å²) in [6.45, 7) is 1.99. The number of hydrogen-bond acceptors (Lipinski definition) is 4. The summed E-state index contributed by atoms with van der Waals surface area (Å²) in [4.78, 5) is 4.38. The topological polar surface area (TPSA) is 67.6 Å². The minimum absolute atomic E-state index is 0.115. The molecule has 124 valence electrons. The molecular formula is C16H13ClF2N4O. The van der Waals surface area contributed by atoms with E-state index in [1.54, 1.807) is 0 Å². The van der Waals surface area contributed by atoms with Crippen molar-refractivity contribution in [2.45, 2.75) is 31.6 Å². The van der Waals surface area contributed by atoms with E-state index < -0.39 is 6.43 Å². The predicted molar refractivity (Wildman–Crippen MR) is 83.0 cm³/mol. The maximum Gasteiger partial charge on any atom is 0.279 e. The molecule has 1 fully saturated rings. The maximum atomic E-state index is 12.7. The van der Waals surface area contributed by atoms with Crippen LogP contribution in [0, 0.1) is 6.92 Å². The fraction of sp³-hybridized carbons (Fsp3) is 0.312. The molecule has 2 heterocycles. The van der Waals surface area contributed by atoms with Crippen LogP contribution in [-0.4, -0.2) is 20.3 Å². The highest BCUT2D eigenvalue weighted by molar-refractivity contribution is 6.31. The Kier molecular flexibility index (Phi) is 3.42. The Balaban J connectivity index is 1.72. The lowest BCUT2D eigenvalue weighted by Crippen LogP contribution is -2.13. The van der Waals surface area contributed by atoms with Crippen LogP contribution in [0.25, 0.3) is 11.6 Å². The highest BCUT2D eigenvalue weighted by atomic mass is 35.5. The molecule has 0 spiro atoms. The molecule has 0 atom stereocenters. The van der Waals surface area contributed by atoms with Gasteiger partial charge in [-0.1, -0.05) is 28.9 Å². The van der Waals surface area contributed by atoms with E-state index in [2.05, 4.69) is 20.3 Å². The molecule has 1 aliphatic rings. The van der Waals surface area contributed by atoms with Crippen LogP contribution in [0.1, 0.15) is 41.9 Å². The van der Waals surface area contributed by atoms with E-state index in [0.717, 1.165) is 24.0 Å². The zero-order chi connectivity index (χ0) is 16.9. The van der Waals surface area contributed by atoms with E-state index in [9.17, 15) is 8.78 Å². The highest BCUT2D eigenvalue weighted by Gasteiger charge is 2.52. The number of aromatic amines is 1. The fourth-order valence-electron chi connectivity index (χ4n) is 3.03. The average Bonchev–Trinajstić information content (AvgIpc) is 3.01. The number of hydrogen-bond donors (Lipinski definition) is 1. The SMILES string of the molecule is Cc1cccc(Cl)c1C1(c2noc(-c3cc(C(F)F)[nH]n3)n2)CC1. The average molecular weight is 351 g/mol. The minimum atomic E-state index is -2.63. The zero-order valence-electron chi connectivity index (χ0n) is 12.7. The Bertz CT molecular complexity index is 881. The van der Waals surface area contributed by atoms with Crippen LogP contribution >= 0.6 is 11.6 Å². The van der Waals surface area contributed by atoms with Gasteiger partial charge in [0.2, 0.25) is 0 Å². The van der Waals surface area contributed by atoms with Gasteiger partial charge in [0.1, 0.15) is 5.69 Å². The number of aromatic nitrogens is 4. The first kappa shape index (κ1) is 15.3. The fourth-order valence-corrected chi connectivity index (χ4v) is 3.43. The van der Waals surface area contributed by atoms with Crippen molar-refractivity contribution < 1.29 is 13.3 Å². The number of nitrogens with one attached hydrogen (secondary N) is 1.